The van der Waals surface area contributed by atoms with Gasteiger partial charge in [0, 0.05) is 29.6 Å². The lowest BCUT2D eigenvalue weighted by atomic mass is 10.2. The highest BCUT2D eigenvalue weighted by atomic mass is 35.5. The van der Waals surface area contributed by atoms with E-state index in [-0.39, 0.29) is 0 Å². The summed E-state index contributed by atoms with van der Waals surface area (Å²) in [6, 6.07) is 5.44. The van der Waals surface area contributed by atoms with E-state index >= 15 is 0 Å². The molecule has 0 atom stereocenters. The summed E-state index contributed by atoms with van der Waals surface area (Å²) < 4.78 is 2.17. The van der Waals surface area contributed by atoms with Crippen LogP contribution in [0, 0.1) is 0 Å². The summed E-state index contributed by atoms with van der Waals surface area (Å²) in [6.07, 6.45) is 2.15. The molecule has 128 valence electrons. The second kappa shape index (κ2) is 7.85. The average molecular weight is 367 g/mol. The summed E-state index contributed by atoms with van der Waals surface area (Å²) in [5.74, 6) is 2.73. The Morgan fingerprint density at radius 3 is 2.96 bits per heavy atom. The van der Waals surface area contributed by atoms with Crippen molar-refractivity contribution in [3.8, 4) is 0 Å². The monoisotopic (exact) mass is 366 g/mol. The lowest BCUT2D eigenvalue weighted by molar-refractivity contribution is 0.663. The first kappa shape index (κ1) is 17.0. The van der Waals surface area contributed by atoms with Crippen molar-refractivity contribution in [1.29, 1.82) is 0 Å². The van der Waals surface area contributed by atoms with E-state index in [9.17, 15) is 0 Å². The molecule has 24 heavy (non-hydrogen) atoms. The predicted octanol–water partition coefficient (Wildman–Crippen LogP) is 2.79. The maximum absolute atomic E-state index is 6.20. The van der Waals surface area contributed by atoms with Crippen molar-refractivity contribution in [3.63, 3.8) is 0 Å². The van der Waals surface area contributed by atoms with Crippen LogP contribution in [0.25, 0.3) is 0 Å². The largest absolute Gasteiger partial charge is 0.357 e. The Kier molecular flexibility index (Phi) is 5.58. The summed E-state index contributed by atoms with van der Waals surface area (Å²) >= 11 is 12.1. The summed E-state index contributed by atoms with van der Waals surface area (Å²) in [7, 11) is 0. The number of fused-ring (bicyclic) bond motifs is 1. The second-order valence-electron chi connectivity index (χ2n) is 5.57. The molecule has 0 saturated heterocycles. The smallest absolute Gasteiger partial charge is 0.191 e. The Hall–Kier alpha value is -1.79. The minimum Gasteiger partial charge on any atom is -0.357 e. The molecule has 1 aromatic carbocycles. The van der Waals surface area contributed by atoms with Crippen molar-refractivity contribution >= 4 is 29.2 Å². The summed E-state index contributed by atoms with van der Waals surface area (Å²) in [6.45, 7) is 4.86. The molecule has 0 bridgehead atoms. The minimum absolute atomic E-state index is 0.475. The molecule has 2 N–H and O–H groups in total. The fourth-order valence-corrected chi connectivity index (χ4v) is 3.13. The maximum atomic E-state index is 6.20. The van der Waals surface area contributed by atoms with Crippen LogP contribution < -0.4 is 10.6 Å². The molecule has 0 saturated carbocycles. The van der Waals surface area contributed by atoms with Gasteiger partial charge in [-0.05, 0) is 31.0 Å². The Balaban J connectivity index is 1.65. The molecule has 3 rings (SSSR count). The van der Waals surface area contributed by atoms with Gasteiger partial charge in [-0.25, -0.2) is 4.99 Å². The van der Waals surface area contributed by atoms with Crippen LogP contribution in [0.1, 0.15) is 30.6 Å². The summed E-state index contributed by atoms with van der Waals surface area (Å²) in [5, 5.41) is 16.2. The second-order valence-corrected chi connectivity index (χ2v) is 6.42. The van der Waals surface area contributed by atoms with Gasteiger partial charge in [0.1, 0.15) is 5.82 Å². The van der Waals surface area contributed by atoms with E-state index in [2.05, 4.69) is 30.4 Å². The molecule has 0 radical (unpaired) electrons. The molecule has 0 fully saturated rings. The maximum Gasteiger partial charge on any atom is 0.191 e. The number of nitrogens with one attached hydrogen (secondary N) is 2. The van der Waals surface area contributed by atoms with Crippen molar-refractivity contribution in [1.82, 2.24) is 25.4 Å². The van der Waals surface area contributed by atoms with Crippen LogP contribution in [0.5, 0.6) is 0 Å². The van der Waals surface area contributed by atoms with Crippen LogP contribution in [0.4, 0.5) is 0 Å². The zero-order valence-corrected chi connectivity index (χ0v) is 15.0. The van der Waals surface area contributed by atoms with Gasteiger partial charge in [0.15, 0.2) is 11.8 Å². The van der Waals surface area contributed by atoms with Gasteiger partial charge in [-0.15, -0.1) is 10.2 Å². The first-order valence-corrected chi connectivity index (χ1v) is 8.80. The van der Waals surface area contributed by atoms with Crippen molar-refractivity contribution in [2.45, 2.75) is 39.4 Å². The van der Waals surface area contributed by atoms with E-state index in [1.165, 1.54) is 0 Å². The van der Waals surface area contributed by atoms with Crippen molar-refractivity contribution < 1.29 is 0 Å². The van der Waals surface area contributed by atoms with Gasteiger partial charge in [-0.3, -0.25) is 0 Å². The molecule has 1 aliphatic heterocycles. The van der Waals surface area contributed by atoms with Crippen LogP contribution in [-0.2, 0) is 26.1 Å². The number of rotatable bonds is 5. The molecule has 0 amide bonds. The Labute approximate surface area is 151 Å². The van der Waals surface area contributed by atoms with E-state index in [4.69, 9.17) is 23.2 Å². The molecule has 1 aliphatic rings. The molecule has 6 nitrogen and oxygen atoms in total. The fraction of sp³-hybridized carbons (Fsp3) is 0.438. The van der Waals surface area contributed by atoms with Gasteiger partial charge >= 0.3 is 0 Å². The van der Waals surface area contributed by atoms with Gasteiger partial charge in [-0.2, -0.15) is 0 Å². The normalized spacial score (nSPS) is 13.9. The Bertz CT molecular complexity index is 740. The van der Waals surface area contributed by atoms with Gasteiger partial charge < -0.3 is 15.2 Å². The quantitative estimate of drug-likeness (QED) is 0.630. The molecule has 0 aliphatic carbocycles. The van der Waals surface area contributed by atoms with Crippen molar-refractivity contribution in [2.24, 2.45) is 4.99 Å². The number of hydrogen-bond donors (Lipinski definition) is 2. The molecule has 2 heterocycles. The van der Waals surface area contributed by atoms with Crippen molar-refractivity contribution in [3.05, 3.63) is 45.5 Å². The molecule has 2 aromatic rings. The van der Waals surface area contributed by atoms with Crippen LogP contribution in [0.15, 0.2) is 23.2 Å². The van der Waals surface area contributed by atoms with E-state index in [1.54, 1.807) is 6.07 Å². The lowest BCUT2D eigenvalue weighted by Gasteiger charge is -2.11. The van der Waals surface area contributed by atoms with Gasteiger partial charge in [-0.1, -0.05) is 29.3 Å². The van der Waals surface area contributed by atoms with E-state index in [0.717, 1.165) is 49.1 Å². The number of aliphatic imine (C=N–C) groups is 1. The molecule has 8 heteroatoms. The topological polar surface area (TPSA) is 67.1 Å². The van der Waals surface area contributed by atoms with Crippen molar-refractivity contribution in [2.75, 3.05) is 6.54 Å². The standard InChI is InChI=1S/C16H20Cl2N6/c1-2-19-16(20-9-11-5-6-12(17)8-13(11)18)21-10-15-23-22-14-4-3-7-24(14)15/h5-6,8H,2-4,7,9-10H2,1H3,(H2,19,20,21). The van der Waals surface area contributed by atoms with E-state index in [0.29, 0.717) is 23.1 Å². The third-order valence-corrected chi connectivity index (χ3v) is 4.45. The highest BCUT2D eigenvalue weighted by Gasteiger charge is 2.17. The first-order valence-electron chi connectivity index (χ1n) is 8.04. The van der Waals surface area contributed by atoms with Gasteiger partial charge in [0.25, 0.3) is 0 Å². The van der Waals surface area contributed by atoms with Crippen LogP contribution in [-0.4, -0.2) is 27.3 Å². The zero-order valence-electron chi connectivity index (χ0n) is 13.5. The fourth-order valence-electron chi connectivity index (χ4n) is 2.66. The summed E-state index contributed by atoms with van der Waals surface area (Å²) in [4.78, 5) is 4.58. The number of nitrogens with zero attached hydrogens (tertiary/aromatic N) is 4. The van der Waals surface area contributed by atoms with Crippen LogP contribution in [0.3, 0.4) is 0 Å². The number of aryl methyl sites for hydroxylation is 1. The zero-order chi connectivity index (χ0) is 16.9. The molecule has 0 unspecified atom stereocenters. The lowest BCUT2D eigenvalue weighted by Crippen LogP contribution is -2.37. The predicted molar refractivity (Wildman–Crippen MR) is 96.5 cm³/mol. The number of hydrogen-bond acceptors (Lipinski definition) is 3. The van der Waals surface area contributed by atoms with Gasteiger partial charge in [0.05, 0.1) is 13.1 Å². The van der Waals surface area contributed by atoms with E-state index < -0.39 is 0 Å². The number of guanidine groups is 1. The number of halogens is 2. The highest BCUT2D eigenvalue weighted by molar-refractivity contribution is 6.35. The molecule has 0 spiro atoms. The third kappa shape index (κ3) is 3.99. The van der Waals surface area contributed by atoms with Crippen LogP contribution in [0.2, 0.25) is 10.0 Å². The Morgan fingerprint density at radius 1 is 1.29 bits per heavy atom. The first-order chi connectivity index (χ1) is 11.7. The minimum atomic E-state index is 0.475. The molecular weight excluding hydrogens is 347 g/mol. The number of benzene rings is 1. The van der Waals surface area contributed by atoms with Gasteiger partial charge in [0.2, 0.25) is 0 Å². The summed E-state index contributed by atoms with van der Waals surface area (Å²) in [5.41, 5.74) is 0.932. The van der Waals surface area contributed by atoms with E-state index in [1.807, 2.05) is 19.1 Å². The third-order valence-electron chi connectivity index (χ3n) is 3.87. The SMILES string of the molecule is CCNC(=NCc1ccc(Cl)cc1Cl)NCc1nnc2n1CCC2. The Morgan fingerprint density at radius 2 is 2.17 bits per heavy atom. The number of aromatic nitrogens is 3. The average Bonchev–Trinajstić information content (AvgIpc) is 3.15. The highest BCUT2D eigenvalue weighted by Crippen LogP contribution is 2.21. The molecule has 1 aromatic heterocycles. The molecular formula is C16H20Cl2N6. The van der Waals surface area contributed by atoms with Crippen LogP contribution >= 0.6 is 23.2 Å².